The Morgan fingerprint density at radius 1 is 0.628 bits per heavy atom. The minimum Gasteiger partial charge on any atom is -0.366 e. The molecular weight excluding hydrogens is 1000 g/mol. The number of carbonyl (C=O) groups excluding carboxylic acids is 2. The molecule has 20 nitrogen and oxygen atoms in total. The molecule has 2 atom stereocenters. The number of nitrogens with zero attached hydrogens (tertiary/aromatic N) is 10. The molecular formula is C56H60F2N14O6. The summed E-state index contributed by atoms with van der Waals surface area (Å²) < 4.78 is 41.8. The van der Waals surface area contributed by atoms with Crippen LogP contribution >= 0.6 is 0 Å². The predicted molar refractivity (Wildman–Crippen MR) is 291 cm³/mol. The summed E-state index contributed by atoms with van der Waals surface area (Å²) in [6.45, 7) is 5.27. The Bertz CT molecular complexity index is 3340. The van der Waals surface area contributed by atoms with Gasteiger partial charge in [0.2, 0.25) is 0 Å². The highest BCUT2D eigenvalue weighted by Gasteiger charge is 2.30. The normalized spacial score (nSPS) is 17.4. The van der Waals surface area contributed by atoms with Crippen molar-refractivity contribution in [3.63, 3.8) is 0 Å². The van der Waals surface area contributed by atoms with Crippen LogP contribution in [0.25, 0.3) is 33.8 Å². The third-order valence-electron chi connectivity index (χ3n) is 14.0. The molecule has 0 bridgehead atoms. The Morgan fingerprint density at radius 3 is 1.49 bits per heavy atom. The largest absolute Gasteiger partial charge is 0.366 e. The van der Waals surface area contributed by atoms with Gasteiger partial charge in [0.15, 0.2) is 12.6 Å². The Labute approximate surface area is 448 Å². The lowest BCUT2D eigenvalue weighted by Crippen LogP contribution is -2.33. The van der Waals surface area contributed by atoms with E-state index in [-0.39, 0.29) is 23.4 Å². The van der Waals surface area contributed by atoms with Gasteiger partial charge in [-0.15, -0.1) is 0 Å². The van der Waals surface area contributed by atoms with Crippen molar-refractivity contribution in [1.29, 1.82) is 0 Å². The molecule has 2 aromatic carbocycles. The van der Waals surface area contributed by atoms with Crippen molar-refractivity contribution in [2.24, 2.45) is 0 Å². The van der Waals surface area contributed by atoms with Crippen LogP contribution in [0.4, 0.5) is 43.2 Å². The molecule has 2 amide bonds. The lowest BCUT2D eigenvalue weighted by atomic mass is 9.99. The molecule has 0 radical (unpaired) electrons. The second kappa shape index (κ2) is 22.1. The smallest absolute Gasteiger partial charge is 0.254 e. The van der Waals surface area contributed by atoms with Crippen LogP contribution in [0.15, 0.2) is 97.6 Å². The SMILES string of the molecule is CN(C)Cc1nc(Nc2ccc(-c3cnc4cc(F)ccn34)c3c2C(=O)NC3)ccc1N1CCCO[C@@H](O)C1.CN(C)Cc1nc(Nc2ccc(-c3cnc4cc(F)ccn34)c3c2C(=O)NC3)ccc1N1CCCO[C@H](O)C1. The van der Waals surface area contributed by atoms with Crippen molar-refractivity contribution in [2.75, 3.05) is 88.0 Å². The number of aromatic nitrogens is 6. The van der Waals surface area contributed by atoms with Crippen LogP contribution in [0.2, 0.25) is 0 Å². The third-order valence-corrected chi connectivity index (χ3v) is 14.0. The maximum Gasteiger partial charge on any atom is 0.254 e. The molecule has 6 N–H and O–H groups in total. The lowest BCUT2D eigenvalue weighted by Gasteiger charge is -2.27. The summed E-state index contributed by atoms with van der Waals surface area (Å²) in [5.74, 6) is 0.183. The summed E-state index contributed by atoms with van der Waals surface area (Å²) in [7, 11) is 7.93. The minimum atomic E-state index is -0.843. The number of nitrogens with one attached hydrogen (secondary N) is 4. The Morgan fingerprint density at radius 2 is 1.06 bits per heavy atom. The number of aliphatic hydroxyl groups excluding tert-OH is 2. The van der Waals surface area contributed by atoms with Gasteiger partial charge < -0.3 is 60.6 Å². The van der Waals surface area contributed by atoms with Crippen molar-refractivity contribution in [3.05, 3.63) is 143 Å². The van der Waals surface area contributed by atoms with Gasteiger partial charge in [-0.2, -0.15) is 0 Å². The van der Waals surface area contributed by atoms with E-state index in [1.165, 1.54) is 24.3 Å². The number of halogens is 2. The van der Waals surface area contributed by atoms with Crippen molar-refractivity contribution in [3.8, 4) is 22.5 Å². The van der Waals surface area contributed by atoms with E-state index in [1.807, 2.05) is 95.3 Å². The Balaban J connectivity index is 0.000000165. The van der Waals surface area contributed by atoms with E-state index in [2.05, 4.69) is 41.0 Å². The molecule has 404 valence electrons. The molecule has 0 aliphatic carbocycles. The highest BCUT2D eigenvalue weighted by molar-refractivity contribution is 6.07. The first-order valence-electron chi connectivity index (χ1n) is 25.8. The number of hydrogen-bond acceptors (Lipinski definition) is 16. The minimum absolute atomic E-state index is 0.169. The van der Waals surface area contributed by atoms with E-state index in [9.17, 15) is 28.6 Å². The van der Waals surface area contributed by atoms with Crippen LogP contribution in [-0.4, -0.2) is 141 Å². The van der Waals surface area contributed by atoms with Gasteiger partial charge in [-0.25, -0.2) is 28.7 Å². The zero-order chi connectivity index (χ0) is 54.2. The molecule has 10 heterocycles. The molecule has 2 fully saturated rings. The summed E-state index contributed by atoms with van der Waals surface area (Å²) in [5.41, 5.74) is 12.0. The number of hydrogen-bond donors (Lipinski definition) is 6. The first-order valence-corrected chi connectivity index (χ1v) is 25.8. The second-order valence-electron chi connectivity index (χ2n) is 20.1. The average Bonchev–Trinajstić information content (AvgIpc) is 4.26. The molecule has 22 heteroatoms. The standard InChI is InChI=1S/2C28H30FN7O3/c2*1-34(2)15-21-22(35-9-3-11-39-26(37)16-35)6-7-24(33-21)32-20-5-4-18(19-13-31-28(38)27(19)20)23-14-30-25-12-17(29)8-10-36(23)25/h2*4-8,10,12,14,26,37H,3,9,11,13,15-16H2,1-2H3,(H,31,38)(H,32,33)/t2*26-/m10/s1. The van der Waals surface area contributed by atoms with Crippen LogP contribution in [0.3, 0.4) is 0 Å². The van der Waals surface area contributed by atoms with Crippen LogP contribution in [0.1, 0.15) is 56.1 Å². The second-order valence-corrected chi connectivity index (χ2v) is 20.1. The van der Waals surface area contributed by atoms with Gasteiger partial charge in [-0.3, -0.25) is 18.4 Å². The topological polar surface area (TPSA) is 215 Å². The Hall–Kier alpha value is -8.12. The molecule has 4 aliphatic heterocycles. The number of β-amino-alcohol motifs (C(OH)–C–C–N with tert-alkyl or cyclic N) is 2. The van der Waals surface area contributed by atoms with E-state index in [1.54, 1.807) is 24.8 Å². The van der Waals surface area contributed by atoms with Crippen LogP contribution in [-0.2, 0) is 35.7 Å². The number of fused-ring (bicyclic) bond motifs is 4. The average molecular weight is 1060 g/mol. The van der Waals surface area contributed by atoms with Gasteiger partial charge in [0.1, 0.15) is 34.6 Å². The fourth-order valence-electron chi connectivity index (χ4n) is 10.6. The van der Waals surface area contributed by atoms with E-state index >= 15 is 0 Å². The number of carbonyl (C=O) groups is 2. The number of imidazole rings is 2. The quantitative estimate of drug-likeness (QED) is 0.0797. The van der Waals surface area contributed by atoms with Gasteiger partial charge >= 0.3 is 0 Å². The summed E-state index contributed by atoms with van der Waals surface area (Å²) in [4.78, 5) is 52.7. The molecule has 2 saturated heterocycles. The molecule has 78 heavy (non-hydrogen) atoms. The lowest BCUT2D eigenvalue weighted by molar-refractivity contribution is -0.0854. The van der Waals surface area contributed by atoms with E-state index in [4.69, 9.17) is 19.4 Å². The molecule has 0 unspecified atom stereocenters. The number of anilines is 6. The molecule has 0 spiro atoms. The van der Waals surface area contributed by atoms with E-state index < -0.39 is 12.6 Å². The third kappa shape index (κ3) is 10.8. The summed E-state index contributed by atoms with van der Waals surface area (Å²) in [5, 5.41) is 32.9. The van der Waals surface area contributed by atoms with Crippen LogP contribution < -0.4 is 31.1 Å². The fourth-order valence-corrected chi connectivity index (χ4v) is 10.6. The highest BCUT2D eigenvalue weighted by atomic mass is 19.1. The van der Waals surface area contributed by atoms with Gasteiger partial charge in [-0.1, -0.05) is 12.1 Å². The molecule has 12 rings (SSSR count). The van der Waals surface area contributed by atoms with Crippen LogP contribution in [0.5, 0.6) is 0 Å². The number of ether oxygens (including phenoxy) is 2. The number of benzene rings is 2. The number of rotatable bonds is 12. The van der Waals surface area contributed by atoms with Crippen molar-refractivity contribution in [1.82, 2.24) is 49.2 Å². The fraction of sp³-hybridized carbons (Fsp3) is 0.321. The zero-order valence-electron chi connectivity index (χ0n) is 43.6. The summed E-state index contributed by atoms with van der Waals surface area (Å²) in [6, 6.07) is 20.9. The maximum atomic E-state index is 13.7. The van der Waals surface area contributed by atoms with Crippen LogP contribution in [0, 0.1) is 11.6 Å². The number of aliphatic hydroxyl groups is 2. The first kappa shape index (κ1) is 52.0. The van der Waals surface area contributed by atoms with Gasteiger partial charge in [-0.05, 0) is 101 Å². The van der Waals surface area contributed by atoms with Gasteiger partial charge in [0.05, 0.1) is 95.3 Å². The van der Waals surface area contributed by atoms with Crippen molar-refractivity contribution in [2.45, 2.75) is 51.6 Å². The van der Waals surface area contributed by atoms with E-state index in [0.29, 0.717) is 97.9 Å². The molecule has 4 aliphatic rings. The number of amides is 2. The number of pyridine rings is 4. The molecule has 0 saturated carbocycles. The van der Waals surface area contributed by atoms with Crippen molar-refractivity contribution < 1.29 is 38.1 Å². The van der Waals surface area contributed by atoms with Crippen molar-refractivity contribution >= 4 is 57.5 Å². The predicted octanol–water partition coefficient (Wildman–Crippen LogP) is 6.26. The monoisotopic (exact) mass is 1060 g/mol. The summed E-state index contributed by atoms with van der Waals surface area (Å²) in [6.07, 6.45) is 6.61. The van der Waals surface area contributed by atoms with Gasteiger partial charge in [0, 0.05) is 74.9 Å². The molecule has 6 aromatic heterocycles. The maximum absolute atomic E-state index is 13.7. The summed E-state index contributed by atoms with van der Waals surface area (Å²) >= 11 is 0. The highest BCUT2D eigenvalue weighted by Crippen LogP contribution is 2.38. The zero-order valence-corrected chi connectivity index (χ0v) is 43.6. The Kier molecular flexibility index (Phi) is 14.7. The first-order chi connectivity index (χ1) is 37.7. The van der Waals surface area contributed by atoms with Gasteiger partial charge in [0.25, 0.3) is 11.8 Å². The molecule has 8 aromatic rings. The van der Waals surface area contributed by atoms with E-state index in [0.717, 1.165) is 82.3 Å².